The molecule has 1 unspecified atom stereocenters. The van der Waals surface area contributed by atoms with Crippen molar-refractivity contribution in [2.75, 3.05) is 25.5 Å². The summed E-state index contributed by atoms with van der Waals surface area (Å²) < 4.78 is 5.61. The summed E-state index contributed by atoms with van der Waals surface area (Å²) in [5.74, 6) is 1.91. The summed E-state index contributed by atoms with van der Waals surface area (Å²) in [6, 6.07) is 16.4. The summed E-state index contributed by atoms with van der Waals surface area (Å²) in [5.41, 5.74) is 9.74. The van der Waals surface area contributed by atoms with Crippen molar-refractivity contribution in [1.29, 1.82) is 0 Å². The molecule has 0 fully saturated rings. The SMILES string of the molecule is COc1cccc2c1CC(Cc1ccc3c(c1)[C@H](NC(=O)[C@@H]1Cc4c(C)cc(O)cc4CCN1)CCN3)C2. The first-order valence-electron chi connectivity index (χ1n) is 13.8. The van der Waals surface area contributed by atoms with Crippen molar-refractivity contribution in [2.24, 2.45) is 5.92 Å². The van der Waals surface area contributed by atoms with Gasteiger partial charge in [0.1, 0.15) is 11.5 Å². The molecule has 6 rings (SSSR count). The molecule has 0 radical (unpaired) electrons. The third-order valence-electron chi connectivity index (χ3n) is 8.59. The summed E-state index contributed by atoms with van der Waals surface area (Å²) in [7, 11) is 1.75. The summed E-state index contributed by atoms with van der Waals surface area (Å²) in [6.45, 7) is 3.58. The van der Waals surface area contributed by atoms with Crippen LogP contribution in [0.3, 0.4) is 0 Å². The second-order valence-electron chi connectivity index (χ2n) is 11.1. The second-order valence-corrected chi connectivity index (χ2v) is 11.1. The molecule has 1 amide bonds. The third-order valence-corrected chi connectivity index (χ3v) is 8.59. The molecule has 2 heterocycles. The Labute approximate surface area is 224 Å². The van der Waals surface area contributed by atoms with Gasteiger partial charge in [-0.1, -0.05) is 24.3 Å². The van der Waals surface area contributed by atoms with E-state index in [-0.39, 0.29) is 18.0 Å². The molecular formula is C32H37N3O3. The number of benzene rings is 3. The number of methoxy groups -OCH3 is 1. The van der Waals surface area contributed by atoms with Gasteiger partial charge < -0.3 is 25.8 Å². The Morgan fingerprint density at radius 3 is 2.82 bits per heavy atom. The molecule has 2 aliphatic heterocycles. The van der Waals surface area contributed by atoms with Crippen molar-refractivity contribution in [2.45, 2.75) is 57.5 Å². The molecule has 0 saturated carbocycles. The topological polar surface area (TPSA) is 82.6 Å². The maximum absolute atomic E-state index is 13.5. The molecule has 6 nitrogen and oxygen atoms in total. The van der Waals surface area contributed by atoms with Crippen molar-refractivity contribution in [3.05, 3.63) is 87.5 Å². The van der Waals surface area contributed by atoms with Gasteiger partial charge in [-0.05, 0) is 121 Å². The predicted octanol–water partition coefficient (Wildman–Crippen LogP) is 4.40. The quantitative estimate of drug-likeness (QED) is 0.408. The molecule has 3 aromatic rings. The Bertz CT molecular complexity index is 1370. The first kappa shape index (κ1) is 24.8. The minimum Gasteiger partial charge on any atom is -0.508 e. The smallest absolute Gasteiger partial charge is 0.237 e. The van der Waals surface area contributed by atoms with Crippen molar-refractivity contribution >= 4 is 11.6 Å². The van der Waals surface area contributed by atoms with Crippen LogP contribution in [0.4, 0.5) is 5.69 Å². The number of hydrogen-bond donors (Lipinski definition) is 4. The van der Waals surface area contributed by atoms with Gasteiger partial charge >= 0.3 is 0 Å². The highest BCUT2D eigenvalue weighted by molar-refractivity contribution is 5.83. The number of carbonyl (C=O) groups is 1. The number of ether oxygens (including phenoxy) is 1. The van der Waals surface area contributed by atoms with Gasteiger partial charge in [0, 0.05) is 12.2 Å². The molecule has 0 aromatic heterocycles. The predicted molar refractivity (Wildman–Crippen MR) is 150 cm³/mol. The van der Waals surface area contributed by atoms with Crippen LogP contribution in [0.2, 0.25) is 0 Å². The summed E-state index contributed by atoms with van der Waals surface area (Å²) in [4.78, 5) is 13.5. The lowest BCUT2D eigenvalue weighted by molar-refractivity contribution is -0.123. The number of phenols is 1. The Hall–Kier alpha value is -3.51. The minimum atomic E-state index is -0.284. The van der Waals surface area contributed by atoms with Crippen molar-refractivity contribution in [3.63, 3.8) is 0 Å². The van der Waals surface area contributed by atoms with Gasteiger partial charge in [0.25, 0.3) is 0 Å². The minimum absolute atomic E-state index is 0.00925. The monoisotopic (exact) mass is 511 g/mol. The van der Waals surface area contributed by atoms with E-state index in [0.29, 0.717) is 18.1 Å². The Morgan fingerprint density at radius 2 is 1.95 bits per heavy atom. The van der Waals surface area contributed by atoms with E-state index in [1.165, 1.54) is 27.8 Å². The van der Waals surface area contributed by atoms with Gasteiger partial charge in [-0.15, -0.1) is 0 Å². The van der Waals surface area contributed by atoms with Gasteiger partial charge in [0.15, 0.2) is 0 Å². The van der Waals surface area contributed by atoms with E-state index >= 15 is 0 Å². The lowest BCUT2D eigenvalue weighted by Crippen LogP contribution is -2.47. The first-order chi connectivity index (χ1) is 18.5. The summed E-state index contributed by atoms with van der Waals surface area (Å²) in [5, 5.41) is 20.4. The average molecular weight is 512 g/mol. The molecule has 198 valence electrons. The Balaban J connectivity index is 1.16. The van der Waals surface area contributed by atoms with E-state index in [2.05, 4.69) is 52.3 Å². The Morgan fingerprint density at radius 1 is 1.05 bits per heavy atom. The zero-order valence-corrected chi connectivity index (χ0v) is 22.3. The van der Waals surface area contributed by atoms with E-state index < -0.39 is 0 Å². The van der Waals surface area contributed by atoms with Crippen molar-refractivity contribution < 1.29 is 14.6 Å². The fourth-order valence-electron chi connectivity index (χ4n) is 6.72. The number of phenolic OH excluding ortho intramolecular Hbond substituents is 1. The molecule has 3 aliphatic rings. The lowest BCUT2D eigenvalue weighted by atomic mass is 9.90. The molecule has 0 bridgehead atoms. The number of fused-ring (bicyclic) bond motifs is 3. The maximum atomic E-state index is 13.5. The highest BCUT2D eigenvalue weighted by Crippen LogP contribution is 2.37. The zero-order valence-electron chi connectivity index (χ0n) is 22.3. The molecule has 3 atom stereocenters. The lowest BCUT2D eigenvalue weighted by Gasteiger charge is -2.30. The maximum Gasteiger partial charge on any atom is 0.237 e. The zero-order chi connectivity index (χ0) is 26.2. The van der Waals surface area contributed by atoms with Crippen LogP contribution in [-0.4, -0.2) is 37.3 Å². The molecule has 6 heteroatoms. The molecule has 4 N–H and O–H groups in total. The largest absolute Gasteiger partial charge is 0.508 e. The third kappa shape index (κ3) is 4.85. The van der Waals surface area contributed by atoms with E-state index in [4.69, 9.17) is 4.74 Å². The van der Waals surface area contributed by atoms with Gasteiger partial charge in [-0.25, -0.2) is 0 Å². The van der Waals surface area contributed by atoms with Crippen LogP contribution in [-0.2, 0) is 36.9 Å². The van der Waals surface area contributed by atoms with Crippen LogP contribution in [0.25, 0.3) is 0 Å². The molecule has 38 heavy (non-hydrogen) atoms. The van der Waals surface area contributed by atoms with Crippen molar-refractivity contribution in [1.82, 2.24) is 10.6 Å². The highest BCUT2D eigenvalue weighted by atomic mass is 16.5. The van der Waals surface area contributed by atoms with Gasteiger partial charge in [-0.3, -0.25) is 4.79 Å². The number of rotatable bonds is 5. The number of aromatic hydroxyl groups is 1. The van der Waals surface area contributed by atoms with E-state index in [1.807, 2.05) is 13.0 Å². The summed E-state index contributed by atoms with van der Waals surface area (Å²) >= 11 is 0. The van der Waals surface area contributed by atoms with E-state index in [1.54, 1.807) is 13.2 Å². The molecular weight excluding hydrogens is 474 g/mol. The van der Waals surface area contributed by atoms with E-state index in [0.717, 1.165) is 67.8 Å². The normalized spacial score (nSPS) is 21.9. The molecule has 0 spiro atoms. The number of carbonyl (C=O) groups excluding carboxylic acids is 1. The first-order valence-corrected chi connectivity index (χ1v) is 13.8. The fourth-order valence-corrected chi connectivity index (χ4v) is 6.72. The number of nitrogens with one attached hydrogen (secondary N) is 3. The Kier molecular flexibility index (Phi) is 6.75. The van der Waals surface area contributed by atoms with Gasteiger partial charge in [0.2, 0.25) is 5.91 Å². The highest BCUT2D eigenvalue weighted by Gasteiger charge is 2.29. The van der Waals surface area contributed by atoms with Crippen LogP contribution in [0.1, 0.15) is 51.4 Å². The van der Waals surface area contributed by atoms with Crippen LogP contribution >= 0.6 is 0 Å². The number of amides is 1. The van der Waals surface area contributed by atoms with Crippen LogP contribution in [0.15, 0.2) is 48.5 Å². The average Bonchev–Trinajstić information content (AvgIpc) is 3.19. The number of anilines is 1. The van der Waals surface area contributed by atoms with Crippen LogP contribution < -0.4 is 20.7 Å². The summed E-state index contributed by atoms with van der Waals surface area (Å²) in [6.07, 6.45) is 5.44. The van der Waals surface area contributed by atoms with Gasteiger partial charge in [-0.2, -0.15) is 0 Å². The van der Waals surface area contributed by atoms with Crippen LogP contribution in [0.5, 0.6) is 11.5 Å². The fraction of sp³-hybridized carbons (Fsp3) is 0.406. The van der Waals surface area contributed by atoms with E-state index in [9.17, 15) is 9.90 Å². The van der Waals surface area contributed by atoms with Gasteiger partial charge in [0.05, 0.1) is 19.2 Å². The standard InChI is InChI=1S/C32H37N3O3/c1-19-12-24(36)17-23-8-10-34-30(18-25(19)23)32(37)35-29-9-11-33-28-7-6-20(15-27(28)29)13-21-14-22-4-3-5-31(38-2)26(22)16-21/h3-7,12,15,17,21,29-30,33-34,36H,8-11,13-14,16,18H2,1-2H3,(H,35,37)/t21?,29-,30+/m1/s1. The molecule has 1 aliphatic carbocycles. The molecule has 3 aromatic carbocycles. The van der Waals surface area contributed by atoms with Crippen LogP contribution in [0, 0.1) is 12.8 Å². The number of aryl methyl sites for hydroxylation is 1. The number of hydrogen-bond acceptors (Lipinski definition) is 5. The second kappa shape index (κ2) is 10.3. The van der Waals surface area contributed by atoms with Crippen molar-refractivity contribution in [3.8, 4) is 11.5 Å². The molecule has 0 saturated heterocycles.